The second-order valence-electron chi connectivity index (χ2n) is 7.18. The summed E-state index contributed by atoms with van der Waals surface area (Å²) in [5.41, 5.74) is 1.39. The van der Waals surface area contributed by atoms with E-state index in [-0.39, 0.29) is 17.9 Å². The quantitative estimate of drug-likeness (QED) is 0.533. The van der Waals surface area contributed by atoms with E-state index in [4.69, 9.17) is 0 Å². The molecule has 11 heteroatoms. The summed E-state index contributed by atoms with van der Waals surface area (Å²) < 4.78 is 38.7. The maximum absolute atomic E-state index is 12.9. The fourth-order valence-electron chi connectivity index (χ4n) is 3.21. The second kappa shape index (κ2) is 8.60. The molecule has 0 saturated carbocycles. The molecule has 3 aromatic rings. The van der Waals surface area contributed by atoms with Crippen LogP contribution in [0.4, 0.5) is 24.8 Å². The summed E-state index contributed by atoms with van der Waals surface area (Å²) >= 11 is 1.51. The number of rotatable bonds is 6. The summed E-state index contributed by atoms with van der Waals surface area (Å²) in [6.07, 6.45) is -1.24. The number of hydrogen-bond acceptors (Lipinski definition) is 7. The molecule has 1 atom stereocenters. The largest absolute Gasteiger partial charge is 0.433 e. The minimum Gasteiger partial charge on any atom is -0.354 e. The van der Waals surface area contributed by atoms with Gasteiger partial charge in [0.15, 0.2) is 0 Å². The normalized spacial score (nSPS) is 16.4. The summed E-state index contributed by atoms with van der Waals surface area (Å²) in [5.74, 6) is -0.0813. The molecular weight excluding hydrogens is 429 g/mol. The standard InChI is InChI=1S/C20H19F3N6OS/c1-11-4-12(15-9-27-18(31-15)10-25-14-7-17(30)26-8-14)6-13(5-11)28-19-24-3-2-16(29-19)20(21,22)23/h2-6,9,14,25H,7-8,10H2,1H3,(H,26,30)(H,24,28,29). The SMILES string of the molecule is Cc1cc(Nc2nccc(C(F)(F)F)n2)cc(-c2cnc(CNC3CNC(=O)C3)s2)c1. The van der Waals surface area contributed by atoms with Gasteiger partial charge in [0, 0.05) is 43.6 Å². The summed E-state index contributed by atoms with van der Waals surface area (Å²) in [5, 5.41) is 9.83. The number of nitrogens with one attached hydrogen (secondary N) is 3. The van der Waals surface area contributed by atoms with Crippen LogP contribution in [-0.2, 0) is 17.5 Å². The highest BCUT2D eigenvalue weighted by Gasteiger charge is 2.32. The Bertz CT molecular complexity index is 1100. The number of aromatic nitrogens is 3. The maximum Gasteiger partial charge on any atom is 0.433 e. The van der Waals surface area contributed by atoms with E-state index in [0.717, 1.165) is 33.3 Å². The Morgan fingerprint density at radius 2 is 2.10 bits per heavy atom. The van der Waals surface area contributed by atoms with Crippen molar-refractivity contribution in [1.29, 1.82) is 0 Å². The van der Waals surface area contributed by atoms with E-state index in [1.807, 2.05) is 19.1 Å². The highest BCUT2D eigenvalue weighted by Crippen LogP contribution is 2.31. The Hall–Kier alpha value is -3.05. The smallest absolute Gasteiger partial charge is 0.354 e. The molecule has 0 spiro atoms. The number of benzene rings is 1. The molecule has 1 saturated heterocycles. The summed E-state index contributed by atoms with van der Waals surface area (Å²) in [7, 11) is 0. The van der Waals surface area contributed by atoms with Gasteiger partial charge in [0.25, 0.3) is 0 Å². The molecule has 1 aliphatic heterocycles. The highest BCUT2D eigenvalue weighted by molar-refractivity contribution is 7.15. The number of carbonyl (C=O) groups is 1. The topological polar surface area (TPSA) is 91.8 Å². The molecule has 1 amide bonds. The third kappa shape index (κ3) is 5.36. The zero-order chi connectivity index (χ0) is 22.0. The third-order valence-electron chi connectivity index (χ3n) is 4.64. The predicted molar refractivity (Wildman–Crippen MR) is 111 cm³/mol. The molecule has 1 aliphatic rings. The molecule has 31 heavy (non-hydrogen) atoms. The van der Waals surface area contributed by atoms with E-state index < -0.39 is 11.9 Å². The van der Waals surface area contributed by atoms with Crippen LogP contribution >= 0.6 is 11.3 Å². The third-order valence-corrected chi connectivity index (χ3v) is 5.68. The van der Waals surface area contributed by atoms with E-state index in [1.165, 1.54) is 11.3 Å². The van der Waals surface area contributed by atoms with Crippen LogP contribution in [0.5, 0.6) is 0 Å². The highest BCUT2D eigenvalue weighted by atomic mass is 32.1. The van der Waals surface area contributed by atoms with Gasteiger partial charge in [-0.1, -0.05) is 6.07 Å². The lowest BCUT2D eigenvalue weighted by Crippen LogP contribution is -2.30. The Morgan fingerprint density at radius 1 is 1.26 bits per heavy atom. The molecule has 7 nitrogen and oxygen atoms in total. The van der Waals surface area contributed by atoms with Crippen molar-refractivity contribution >= 4 is 28.9 Å². The molecule has 1 fully saturated rings. The van der Waals surface area contributed by atoms with Crippen LogP contribution in [0.15, 0.2) is 36.7 Å². The summed E-state index contributed by atoms with van der Waals surface area (Å²) in [6, 6.07) is 6.53. The van der Waals surface area contributed by atoms with E-state index in [0.29, 0.717) is 25.2 Å². The van der Waals surface area contributed by atoms with Crippen molar-refractivity contribution in [2.45, 2.75) is 32.1 Å². The van der Waals surface area contributed by atoms with Crippen molar-refractivity contribution in [2.75, 3.05) is 11.9 Å². The van der Waals surface area contributed by atoms with Crippen LogP contribution in [0.1, 0.15) is 22.7 Å². The number of nitrogens with zero attached hydrogens (tertiary/aromatic N) is 3. The fraction of sp³-hybridized carbons (Fsp3) is 0.300. The monoisotopic (exact) mass is 448 g/mol. The molecule has 1 aromatic carbocycles. The van der Waals surface area contributed by atoms with Crippen LogP contribution in [0.2, 0.25) is 0 Å². The zero-order valence-electron chi connectivity index (χ0n) is 16.5. The van der Waals surface area contributed by atoms with E-state index in [1.54, 1.807) is 12.3 Å². The first kappa shape index (κ1) is 21.2. The van der Waals surface area contributed by atoms with Gasteiger partial charge in [0.2, 0.25) is 11.9 Å². The first-order chi connectivity index (χ1) is 14.8. The fourth-order valence-corrected chi connectivity index (χ4v) is 4.07. The number of thiazole rings is 1. The Kier molecular flexibility index (Phi) is 5.88. The zero-order valence-corrected chi connectivity index (χ0v) is 17.3. The predicted octanol–water partition coefficient (Wildman–Crippen LogP) is 3.65. The maximum atomic E-state index is 12.9. The van der Waals surface area contributed by atoms with Crippen molar-refractivity contribution in [3.05, 3.63) is 52.9 Å². The van der Waals surface area contributed by atoms with Gasteiger partial charge in [-0.2, -0.15) is 13.2 Å². The minimum absolute atomic E-state index is 0.0434. The Labute approximate surface area is 180 Å². The average molecular weight is 448 g/mol. The van der Waals surface area contributed by atoms with Crippen molar-refractivity contribution in [3.63, 3.8) is 0 Å². The van der Waals surface area contributed by atoms with Crippen molar-refractivity contribution in [3.8, 4) is 10.4 Å². The second-order valence-corrected chi connectivity index (χ2v) is 8.30. The van der Waals surface area contributed by atoms with Crippen LogP contribution in [0.3, 0.4) is 0 Å². The van der Waals surface area contributed by atoms with Crippen LogP contribution in [0.25, 0.3) is 10.4 Å². The van der Waals surface area contributed by atoms with Gasteiger partial charge >= 0.3 is 6.18 Å². The number of alkyl halides is 3. The van der Waals surface area contributed by atoms with Gasteiger partial charge < -0.3 is 16.0 Å². The summed E-state index contributed by atoms with van der Waals surface area (Å²) in [6.45, 7) is 3.07. The molecule has 4 rings (SSSR count). The molecule has 0 radical (unpaired) electrons. The molecule has 0 bridgehead atoms. The average Bonchev–Trinajstić information content (AvgIpc) is 3.34. The van der Waals surface area contributed by atoms with Crippen LogP contribution in [0, 0.1) is 6.92 Å². The van der Waals surface area contributed by atoms with E-state index in [9.17, 15) is 18.0 Å². The van der Waals surface area contributed by atoms with Crippen LogP contribution < -0.4 is 16.0 Å². The van der Waals surface area contributed by atoms with Gasteiger partial charge in [0.1, 0.15) is 10.7 Å². The lowest BCUT2D eigenvalue weighted by Gasteiger charge is -2.10. The molecule has 162 valence electrons. The minimum atomic E-state index is -4.54. The number of carbonyl (C=O) groups excluding carboxylic acids is 1. The Balaban J connectivity index is 1.48. The lowest BCUT2D eigenvalue weighted by atomic mass is 10.1. The number of anilines is 2. The van der Waals surface area contributed by atoms with Crippen LogP contribution in [-0.4, -0.2) is 33.4 Å². The number of amides is 1. The van der Waals surface area contributed by atoms with Crippen molar-refractivity contribution in [2.24, 2.45) is 0 Å². The summed E-state index contributed by atoms with van der Waals surface area (Å²) in [4.78, 5) is 24.1. The van der Waals surface area contributed by atoms with Crippen molar-refractivity contribution < 1.29 is 18.0 Å². The number of halogens is 3. The van der Waals surface area contributed by atoms with Gasteiger partial charge in [-0.25, -0.2) is 15.0 Å². The molecular formula is C20H19F3N6OS. The molecule has 0 aliphatic carbocycles. The van der Waals surface area contributed by atoms with E-state index >= 15 is 0 Å². The molecule has 3 N–H and O–H groups in total. The molecule has 1 unspecified atom stereocenters. The number of hydrogen-bond donors (Lipinski definition) is 3. The van der Waals surface area contributed by atoms with Gasteiger partial charge in [-0.3, -0.25) is 4.79 Å². The Morgan fingerprint density at radius 3 is 2.84 bits per heavy atom. The van der Waals surface area contributed by atoms with Gasteiger partial charge in [0.05, 0.1) is 4.88 Å². The first-order valence-corrected chi connectivity index (χ1v) is 10.3. The van der Waals surface area contributed by atoms with Crippen molar-refractivity contribution in [1.82, 2.24) is 25.6 Å². The van der Waals surface area contributed by atoms with Gasteiger partial charge in [-0.05, 0) is 36.2 Å². The molecule has 3 heterocycles. The molecule has 2 aromatic heterocycles. The van der Waals surface area contributed by atoms with E-state index in [2.05, 4.69) is 30.9 Å². The lowest BCUT2D eigenvalue weighted by molar-refractivity contribution is -0.141. The number of aryl methyl sites for hydroxylation is 1. The first-order valence-electron chi connectivity index (χ1n) is 9.50. The van der Waals surface area contributed by atoms with Gasteiger partial charge in [-0.15, -0.1) is 11.3 Å².